The van der Waals surface area contributed by atoms with Crippen LogP contribution >= 0.6 is 0 Å². The number of nitriles is 1. The molecule has 1 heterocycles. The van der Waals surface area contributed by atoms with Crippen LogP contribution in [0.25, 0.3) is 6.08 Å². The fourth-order valence-corrected chi connectivity index (χ4v) is 1.25. The Labute approximate surface area is 107 Å². The van der Waals surface area contributed by atoms with Crippen molar-refractivity contribution in [1.29, 1.82) is 5.26 Å². The van der Waals surface area contributed by atoms with Crippen LogP contribution in [0.2, 0.25) is 0 Å². The lowest BCUT2D eigenvalue weighted by atomic mass is 10.2. The van der Waals surface area contributed by atoms with Crippen molar-refractivity contribution >= 4 is 12.0 Å². The summed E-state index contributed by atoms with van der Waals surface area (Å²) in [7, 11) is 0. The van der Waals surface area contributed by atoms with Crippen molar-refractivity contribution in [3.8, 4) is 6.07 Å². The molecule has 0 saturated heterocycles. The summed E-state index contributed by atoms with van der Waals surface area (Å²) in [4.78, 5) is 11.4. The van der Waals surface area contributed by atoms with Crippen LogP contribution in [0.1, 0.15) is 32.8 Å². The molecule has 1 aromatic heterocycles. The van der Waals surface area contributed by atoms with E-state index in [0.29, 0.717) is 13.0 Å². The van der Waals surface area contributed by atoms with Gasteiger partial charge in [-0.05, 0) is 26.8 Å². The third kappa shape index (κ3) is 5.30. The molecular formula is C13H17N3O2. The van der Waals surface area contributed by atoms with Crippen molar-refractivity contribution in [3.63, 3.8) is 0 Å². The van der Waals surface area contributed by atoms with Gasteiger partial charge in [0, 0.05) is 17.8 Å². The van der Waals surface area contributed by atoms with E-state index >= 15 is 0 Å². The zero-order valence-electron chi connectivity index (χ0n) is 10.9. The molecule has 0 radical (unpaired) electrons. The van der Waals surface area contributed by atoms with Gasteiger partial charge in [-0.1, -0.05) is 0 Å². The van der Waals surface area contributed by atoms with E-state index in [0.717, 1.165) is 5.56 Å². The van der Waals surface area contributed by atoms with Gasteiger partial charge >= 0.3 is 5.97 Å². The molecule has 0 aliphatic carbocycles. The lowest BCUT2D eigenvalue weighted by molar-refractivity contribution is -0.148. The molecule has 5 heteroatoms. The lowest BCUT2D eigenvalue weighted by Gasteiger charge is -2.17. The average molecular weight is 247 g/mol. The Bertz CT molecular complexity index is 475. The first-order valence-corrected chi connectivity index (χ1v) is 5.71. The molecule has 0 saturated carbocycles. The van der Waals surface area contributed by atoms with Crippen LogP contribution in [-0.2, 0) is 16.1 Å². The number of aryl methyl sites for hydroxylation is 1. The van der Waals surface area contributed by atoms with E-state index in [1.165, 1.54) is 6.08 Å². The van der Waals surface area contributed by atoms with Crippen LogP contribution in [0.4, 0.5) is 0 Å². The van der Waals surface area contributed by atoms with Gasteiger partial charge in [0.15, 0.2) is 0 Å². The summed E-state index contributed by atoms with van der Waals surface area (Å²) in [5, 5.41) is 12.5. The second-order valence-electron chi connectivity index (χ2n) is 4.81. The Morgan fingerprint density at radius 3 is 2.94 bits per heavy atom. The molecule has 0 aromatic carbocycles. The number of nitrogens with zero attached hydrogens (tertiary/aromatic N) is 3. The second kappa shape index (κ2) is 6.01. The molecule has 96 valence electrons. The number of esters is 1. The minimum atomic E-state index is -0.488. The first-order chi connectivity index (χ1) is 8.40. The zero-order valence-corrected chi connectivity index (χ0v) is 10.9. The molecule has 18 heavy (non-hydrogen) atoms. The highest BCUT2D eigenvalue weighted by Crippen LogP contribution is 2.08. The topological polar surface area (TPSA) is 67.9 Å². The molecule has 0 atom stereocenters. The highest BCUT2D eigenvalue weighted by atomic mass is 16.6. The van der Waals surface area contributed by atoms with Gasteiger partial charge in [-0.25, -0.2) is 4.79 Å². The summed E-state index contributed by atoms with van der Waals surface area (Å²) in [5.74, 6) is -0.382. The second-order valence-corrected chi connectivity index (χ2v) is 4.81. The van der Waals surface area contributed by atoms with Crippen molar-refractivity contribution in [2.75, 3.05) is 0 Å². The molecule has 1 rings (SSSR count). The van der Waals surface area contributed by atoms with E-state index in [1.54, 1.807) is 23.2 Å². The van der Waals surface area contributed by atoms with Gasteiger partial charge < -0.3 is 4.74 Å². The van der Waals surface area contributed by atoms with Crippen LogP contribution in [-0.4, -0.2) is 21.4 Å². The van der Waals surface area contributed by atoms with Crippen molar-refractivity contribution in [2.45, 2.75) is 39.3 Å². The number of hydrogen-bond acceptors (Lipinski definition) is 4. The van der Waals surface area contributed by atoms with Gasteiger partial charge in [-0.2, -0.15) is 10.4 Å². The molecular weight excluding hydrogens is 230 g/mol. The third-order valence-corrected chi connectivity index (χ3v) is 1.92. The molecule has 0 amide bonds. The Morgan fingerprint density at radius 2 is 2.33 bits per heavy atom. The molecule has 0 N–H and O–H groups in total. The maximum Gasteiger partial charge on any atom is 0.331 e. The number of aromatic nitrogens is 2. The molecule has 1 aromatic rings. The Morgan fingerprint density at radius 1 is 1.61 bits per heavy atom. The van der Waals surface area contributed by atoms with Gasteiger partial charge in [-0.15, -0.1) is 0 Å². The highest BCUT2D eigenvalue weighted by Gasteiger charge is 2.13. The normalized spacial score (nSPS) is 11.4. The quantitative estimate of drug-likeness (QED) is 0.604. The number of carbonyl (C=O) groups is 1. The monoisotopic (exact) mass is 247 g/mol. The third-order valence-electron chi connectivity index (χ3n) is 1.92. The number of ether oxygens (including phenoxy) is 1. The SMILES string of the molecule is CC(C)(C)OC(=O)C=Cc1cnn(CCC#N)c1. The van der Waals surface area contributed by atoms with Gasteiger partial charge in [0.1, 0.15) is 5.60 Å². The summed E-state index contributed by atoms with van der Waals surface area (Å²) < 4.78 is 6.80. The van der Waals surface area contributed by atoms with E-state index in [1.807, 2.05) is 26.8 Å². The Balaban J connectivity index is 2.54. The molecule has 0 spiro atoms. The summed E-state index contributed by atoms with van der Waals surface area (Å²) in [6.45, 7) is 6.01. The van der Waals surface area contributed by atoms with Gasteiger partial charge in [0.25, 0.3) is 0 Å². The van der Waals surface area contributed by atoms with Gasteiger partial charge in [0.2, 0.25) is 0 Å². The fourth-order valence-electron chi connectivity index (χ4n) is 1.25. The van der Waals surface area contributed by atoms with Crippen molar-refractivity contribution < 1.29 is 9.53 Å². The Hall–Kier alpha value is -2.09. The van der Waals surface area contributed by atoms with Crippen molar-refractivity contribution in [1.82, 2.24) is 9.78 Å². The van der Waals surface area contributed by atoms with Gasteiger partial charge in [-0.3, -0.25) is 4.68 Å². The summed E-state index contributed by atoms with van der Waals surface area (Å²) in [6.07, 6.45) is 6.84. The molecule has 0 aliphatic rings. The minimum Gasteiger partial charge on any atom is -0.457 e. The standard InChI is InChI=1S/C13H17N3O2/c1-13(2,3)18-12(17)6-5-11-9-15-16(10-11)8-4-7-14/h5-6,9-10H,4,8H2,1-3H3. The van der Waals surface area contributed by atoms with Crippen molar-refractivity contribution in [2.24, 2.45) is 0 Å². The smallest absolute Gasteiger partial charge is 0.331 e. The van der Waals surface area contributed by atoms with Crippen LogP contribution in [0, 0.1) is 11.3 Å². The van der Waals surface area contributed by atoms with Crippen LogP contribution in [0.5, 0.6) is 0 Å². The number of carbonyl (C=O) groups excluding carboxylic acids is 1. The number of hydrogen-bond donors (Lipinski definition) is 0. The molecule has 0 aliphatic heterocycles. The predicted molar refractivity (Wildman–Crippen MR) is 67.3 cm³/mol. The van der Waals surface area contributed by atoms with E-state index in [-0.39, 0.29) is 5.97 Å². The maximum absolute atomic E-state index is 11.4. The van der Waals surface area contributed by atoms with E-state index in [2.05, 4.69) is 5.10 Å². The predicted octanol–water partition coefficient (Wildman–Crippen LogP) is 2.15. The van der Waals surface area contributed by atoms with Crippen LogP contribution < -0.4 is 0 Å². The molecule has 0 unspecified atom stereocenters. The van der Waals surface area contributed by atoms with Gasteiger partial charge in [0.05, 0.1) is 25.2 Å². The highest BCUT2D eigenvalue weighted by molar-refractivity contribution is 5.87. The summed E-state index contributed by atoms with van der Waals surface area (Å²) >= 11 is 0. The largest absolute Gasteiger partial charge is 0.457 e. The fraction of sp³-hybridized carbons (Fsp3) is 0.462. The Kier molecular flexibility index (Phi) is 4.67. The number of rotatable bonds is 4. The van der Waals surface area contributed by atoms with Crippen LogP contribution in [0.15, 0.2) is 18.5 Å². The first-order valence-electron chi connectivity index (χ1n) is 5.71. The van der Waals surface area contributed by atoms with E-state index < -0.39 is 5.60 Å². The maximum atomic E-state index is 11.4. The lowest BCUT2D eigenvalue weighted by Crippen LogP contribution is -2.22. The summed E-state index contributed by atoms with van der Waals surface area (Å²) in [5.41, 5.74) is 0.317. The zero-order chi connectivity index (χ0) is 13.6. The van der Waals surface area contributed by atoms with Crippen molar-refractivity contribution in [3.05, 3.63) is 24.0 Å². The minimum absolute atomic E-state index is 0.382. The molecule has 5 nitrogen and oxygen atoms in total. The molecule has 0 bridgehead atoms. The first kappa shape index (κ1) is 14.0. The molecule has 0 fully saturated rings. The van der Waals surface area contributed by atoms with E-state index in [4.69, 9.17) is 10.00 Å². The average Bonchev–Trinajstić information content (AvgIpc) is 2.69. The van der Waals surface area contributed by atoms with E-state index in [9.17, 15) is 4.79 Å². The summed E-state index contributed by atoms with van der Waals surface area (Å²) in [6, 6.07) is 2.05. The van der Waals surface area contributed by atoms with Crippen LogP contribution in [0.3, 0.4) is 0 Å².